The van der Waals surface area contributed by atoms with Crippen molar-refractivity contribution in [2.45, 2.75) is 50.0 Å². The highest BCUT2D eigenvalue weighted by Gasteiger charge is 2.40. The number of rotatable bonds is 5. The molecule has 2 fully saturated rings. The second kappa shape index (κ2) is 7.46. The van der Waals surface area contributed by atoms with Crippen molar-refractivity contribution in [3.05, 3.63) is 65.7 Å². The van der Waals surface area contributed by atoms with E-state index in [1.807, 2.05) is 0 Å². The molecule has 0 saturated heterocycles. The Labute approximate surface area is 167 Å². The van der Waals surface area contributed by atoms with Crippen LogP contribution < -0.4 is 5.32 Å². The number of nitrogens with zero attached hydrogens (tertiary/aromatic N) is 4. The first kappa shape index (κ1) is 18.1. The fourth-order valence-corrected chi connectivity index (χ4v) is 4.21. The minimum Gasteiger partial charge on any atom is -0.380 e. The summed E-state index contributed by atoms with van der Waals surface area (Å²) in [7, 11) is 0. The Hall–Kier alpha value is -2.96. The van der Waals surface area contributed by atoms with Gasteiger partial charge in [-0.05, 0) is 60.4 Å². The Morgan fingerprint density at radius 3 is 2.21 bits per heavy atom. The predicted octanol–water partition coefficient (Wildman–Crippen LogP) is 4.84. The van der Waals surface area contributed by atoms with Gasteiger partial charge in [-0.15, -0.1) is 0 Å². The molecule has 148 valence electrons. The summed E-state index contributed by atoms with van der Waals surface area (Å²) in [4.78, 5) is 17.0. The van der Waals surface area contributed by atoms with Gasteiger partial charge in [-0.25, -0.2) is 28.7 Å². The van der Waals surface area contributed by atoms with E-state index in [9.17, 15) is 8.78 Å². The SMILES string of the molecule is Fc1cc(C2CC2c2cnc(-c3ncccn3)nc2)cc(NC2CCCC2)c1F. The topological polar surface area (TPSA) is 63.6 Å². The van der Waals surface area contributed by atoms with Gasteiger partial charge in [-0.1, -0.05) is 12.8 Å². The lowest BCUT2D eigenvalue weighted by molar-refractivity contribution is 0.508. The summed E-state index contributed by atoms with van der Waals surface area (Å²) in [6, 6.07) is 5.07. The number of nitrogens with one attached hydrogen (secondary N) is 1. The molecule has 1 aromatic carbocycles. The van der Waals surface area contributed by atoms with E-state index in [2.05, 4.69) is 25.3 Å². The molecule has 7 heteroatoms. The summed E-state index contributed by atoms with van der Waals surface area (Å²) in [5.41, 5.74) is 2.10. The Balaban J connectivity index is 1.33. The number of aromatic nitrogens is 4. The zero-order valence-corrected chi connectivity index (χ0v) is 15.9. The maximum absolute atomic E-state index is 14.3. The van der Waals surface area contributed by atoms with E-state index in [1.165, 1.54) is 6.07 Å². The van der Waals surface area contributed by atoms with Gasteiger partial charge >= 0.3 is 0 Å². The molecule has 1 N–H and O–H groups in total. The van der Waals surface area contributed by atoms with Crippen LogP contribution in [0.1, 0.15) is 55.1 Å². The van der Waals surface area contributed by atoms with Crippen LogP contribution in [0.5, 0.6) is 0 Å². The number of anilines is 1. The molecule has 2 aliphatic carbocycles. The summed E-state index contributed by atoms with van der Waals surface area (Å²) >= 11 is 0. The van der Waals surface area contributed by atoms with Crippen LogP contribution in [-0.2, 0) is 0 Å². The van der Waals surface area contributed by atoms with Gasteiger partial charge in [0, 0.05) is 30.8 Å². The highest BCUT2D eigenvalue weighted by Crippen LogP contribution is 2.55. The van der Waals surface area contributed by atoms with Crippen molar-refractivity contribution >= 4 is 5.69 Å². The molecule has 5 rings (SSSR count). The van der Waals surface area contributed by atoms with Crippen molar-refractivity contribution in [3.63, 3.8) is 0 Å². The standard InChI is InChI=1S/C22H21F2N5/c23-18-8-13(9-19(20(18)24)29-15-4-1-2-5-15)16-10-17(16)14-11-27-22(28-12-14)21-25-6-3-7-26-21/h3,6-9,11-12,15-17,29H,1-2,4-5,10H2. The van der Waals surface area contributed by atoms with Crippen molar-refractivity contribution in [2.24, 2.45) is 0 Å². The molecule has 2 aromatic heterocycles. The van der Waals surface area contributed by atoms with E-state index in [0.29, 0.717) is 11.6 Å². The molecule has 0 radical (unpaired) electrons. The molecule has 2 aliphatic rings. The van der Waals surface area contributed by atoms with Crippen LogP contribution in [0.4, 0.5) is 14.5 Å². The molecular formula is C22H21F2N5. The molecule has 0 bridgehead atoms. The first-order chi connectivity index (χ1) is 14.2. The summed E-state index contributed by atoms with van der Waals surface area (Å²) in [6.07, 6.45) is 12.0. The van der Waals surface area contributed by atoms with E-state index in [1.54, 1.807) is 36.9 Å². The van der Waals surface area contributed by atoms with Crippen LogP contribution in [0, 0.1) is 11.6 Å². The van der Waals surface area contributed by atoms with Gasteiger partial charge < -0.3 is 5.32 Å². The predicted molar refractivity (Wildman–Crippen MR) is 105 cm³/mol. The maximum Gasteiger partial charge on any atom is 0.197 e. The van der Waals surface area contributed by atoms with Gasteiger partial charge in [0.2, 0.25) is 0 Å². The van der Waals surface area contributed by atoms with Crippen molar-refractivity contribution in [1.29, 1.82) is 0 Å². The van der Waals surface area contributed by atoms with E-state index in [4.69, 9.17) is 0 Å². The molecule has 0 amide bonds. The quantitative estimate of drug-likeness (QED) is 0.672. The fraction of sp³-hybridized carbons (Fsp3) is 0.364. The van der Waals surface area contributed by atoms with Gasteiger partial charge in [0.25, 0.3) is 0 Å². The number of hydrogen-bond acceptors (Lipinski definition) is 5. The third kappa shape index (κ3) is 3.69. The largest absolute Gasteiger partial charge is 0.380 e. The third-order valence-corrected chi connectivity index (χ3v) is 5.85. The Kier molecular flexibility index (Phi) is 4.66. The van der Waals surface area contributed by atoms with Crippen LogP contribution in [0.25, 0.3) is 11.6 Å². The average Bonchev–Trinajstić information content (AvgIpc) is 3.40. The first-order valence-corrected chi connectivity index (χ1v) is 10.0. The smallest absolute Gasteiger partial charge is 0.197 e. The average molecular weight is 393 g/mol. The van der Waals surface area contributed by atoms with Crippen LogP contribution in [0.2, 0.25) is 0 Å². The summed E-state index contributed by atoms with van der Waals surface area (Å²) < 4.78 is 28.5. The van der Waals surface area contributed by atoms with Crippen molar-refractivity contribution in [1.82, 2.24) is 19.9 Å². The highest BCUT2D eigenvalue weighted by atomic mass is 19.2. The lowest BCUT2D eigenvalue weighted by Crippen LogP contribution is -2.16. The van der Waals surface area contributed by atoms with Crippen molar-refractivity contribution in [3.8, 4) is 11.6 Å². The van der Waals surface area contributed by atoms with Gasteiger partial charge in [0.05, 0.1) is 5.69 Å². The van der Waals surface area contributed by atoms with E-state index >= 15 is 0 Å². The summed E-state index contributed by atoms with van der Waals surface area (Å²) in [6.45, 7) is 0. The molecule has 29 heavy (non-hydrogen) atoms. The Morgan fingerprint density at radius 1 is 0.828 bits per heavy atom. The van der Waals surface area contributed by atoms with Crippen molar-refractivity contribution in [2.75, 3.05) is 5.32 Å². The summed E-state index contributed by atoms with van der Waals surface area (Å²) in [5.74, 6) is -0.256. The zero-order chi connectivity index (χ0) is 19.8. The highest BCUT2D eigenvalue weighted by molar-refractivity contribution is 5.52. The fourth-order valence-electron chi connectivity index (χ4n) is 4.21. The van der Waals surface area contributed by atoms with E-state index in [-0.39, 0.29) is 23.6 Å². The number of halogens is 2. The van der Waals surface area contributed by atoms with Crippen LogP contribution in [0.15, 0.2) is 43.0 Å². The van der Waals surface area contributed by atoms with Crippen LogP contribution >= 0.6 is 0 Å². The third-order valence-electron chi connectivity index (χ3n) is 5.85. The Bertz CT molecular complexity index is 1000. The van der Waals surface area contributed by atoms with Gasteiger partial charge in [-0.3, -0.25) is 0 Å². The van der Waals surface area contributed by atoms with E-state index in [0.717, 1.165) is 43.2 Å². The maximum atomic E-state index is 14.3. The van der Waals surface area contributed by atoms with Crippen molar-refractivity contribution < 1.29 is 8.78 Å². The van der Waals surface area contributed by atoms with Crippen LogP contribution in [0.3, 0.4) is 0 Å². The van der Waals surface area contributed by atoms with Crippen LogP contribution in [-0.4, -0.2) is 26.0 Å². The lowest BCUT2D eigenvalue weighted by atomic mass is 10.0. The van der Waals surface area contributed by atoms with Gasteiger partial charge in [0.15, 0.2) is 23.3 Å². The van der Waals surface area contributed by atoms with Gasteiger partial charge in [0.1, 0.15) is 0 Å². The number of benzene rings is 1. The second-order valence-corrected chi connectivity index (χ2v) is 7.85. The van der Waals surface area contributed by atoms with Gasteiger partial charge in [-0.2, -0.15) is 0 Å². The lowest BCUT2D eigenvalue weighted by Gasteiger charge is -2.16. The molecular weight excluding hydrogens is 372 g/mol. The Morgan fingerprint density at radius 2 is 1.48 bits per heavy atom. The minimum atomic E-state index is -0.790. The molecule has 0 aliphatic heterocycles. The monoisotopic (exact) mass is 393 g/mol. The van der Waals surface area contributed by atoms with E-state index < -0.39 is 11.6 Å². The first-order valence-electron chi connectivity index (χ1n) is 10.0. The molecule has 2 atom stereocenters. The molecule has 0 spiro atoms. The minimum absolute atomic E-state index is 0.150. The normalized spacial score (nSPS) is 21.3. The number of hydrogen-bond donors (Lipinski definition) is 1. The molecule has 5 nitrogen and oxygen atoms in total. The zero-order valence-electron chi connectivity index (χ0n) is 15.9. The second-order valence-electron chi connectivity index (χ2n) is 7.85. The summed E-state index contributed by atoms with van der Waals surface area (Å²) in [5, 5.41) is 3.20. The molecule has 2 unspecified atom stereocenters. The molecule has 2 saturated carbocycles. The molecule has 3 aromatic rings. The molecule has 2 heterocycles.